The van der Waals surface area contributed by atoms with E-state index in [0.717, 1.165) is 42.3 Å². The molecule has 1 aliphatic rings. The first kappa shape index (κ1) is 19.5. The summed E-state index contributed by atoms with van der Waals surface area (Å²) in [5.41, 5.74) is 3.65. The van der Waals surface area contributed by atoms with E-state index in [-0.39, 0.29) is 5.91 Å². The topological polar surface area (TPSA) is 82.2 Å². The number of carbonyl (C=O) groups is 1. The third kappa shape index (κ3) is 5.60. The lowest BCUT2D eigenvalue weighted by Gasteiger charge is -2.15. The number of thiophene rings is 1. The van der Waals surface area contributed by atoms with Crippen LogP contribution < -0.4 is 16.0 Å². The van der Waals surface area contributed by atoms with Crippen LogP contribution in [0.25, 0.3) is 11.1 Å². The van der Waals surface area contributed by atoms with Crippen molar-refractivity contribution in [2.45, 2.75) is 12.8 Å². The lowest BCUT2D eigenvalue weighted by atomic mass is 10.2. The minimum atomic E-state index is -0.0577. The van der Waals surface area contributed by atoms with Gasteiger partial charge in [-0.2, -0.15) is 11.3 Å². The zero-order valence-corrected chi connectivity index (χ0v) is 16.9. The molecule has 8 heteroatoms. The molecule has 0 bridgehead atoms. The summed E-state index contributed by atoms with van der Waals surface area (Å²) in [6.07, 6.45) is 6.09. The van der Waals surface area contributed by atoms with Gasteiger partial charge in [0.05, 0.1) is 6.54 Å². The van der Waals surface area contributed by atoms with Crippen molar-refractivity contribution in [3.05, 3.63) is 53.5 Å². The number of nitrogens with zero attached hydrogens (tertiary/aromatic N) is 3. The third-order valence-corrected chi connectivity index (χ3v) is 5.41. The molecule has 0 aliphatic carbocycles. The van der Waals surface area contributed by atoms with Crippen LogP contribution in [0.1, 0.15) is 12.8 Å². The molecule has 1 aliphatic heterocycles. The first-order chi connectivity index (χ1) is 14.3. The molecule has 29 heavy (non-hydrogen) atoms. The molecule has 4 rings (SSSR count). The van der Waals surface area contributed by atoms with E-state index in [4.69, 9.17) is 0 Å². The molecule has 1 fully saturated rings. The molecule has 7 nitrogen and oxygen atoms in total. The summed E-state index contributed by atoms with van der Waals surface area (Å²) >= 11 is 1.65. The fourth-order valence-electron chi connectivity index (χ4n) is 3.25. The van der Waals surface area contributed by atoms with Gasteiger partial charge < -0.3 is 10.6 Å². The lowest BCUT2D eigenvalue weighted by Crippen LogP contribution is -2.36. The Hall–Kier alpha value is -2.81. The van der Waals surface area contributed by atoms with Crippen LogP contribution in [0, 0.1) is 0 Å². The Bertz CT molecular complexity index is 923. The lowest BCUT2D eigenvalue weighted by molar-refractivity contribution is -0.115. The number of benzene rings is 1. The summed E-state index contributed by atoms with van der Waals surface area (Å²) in [7, 11) is 0. The van der Waals surface area contributed by atoms with Gasteiger partial charge in [-0.05, 0) is 66.5 Å². The van der Waals surface area contributed by atoms with Gasteiger partial charge in [-0.1, -0.05) is 6.07 Å². The molecule has 0 saturated carbocycles. The predicted molar refractivity (Wildman–Crippen MR) is 117 cm³/mol. The summed E-state index contributed by atoms with van der Waals surface area (Å²) < 4.78 is 0. The normalized spacial score (nSPS) is 14.1. The van der Waals surface area contributed by atoms with E-state index in [1.807, 2.05) is 35.7 Å². The number of carbonyl (C=O) groups excluding carboxylic acids is 1. The number of nitrogens with one attached hydrogen (secondary N) is 3. The molecule has 1 aromatic carbocycles. The molecule has 2 aromatic heterocycles. The smallest absolute Gasteiger partial charge is 0.238 e. The van der Waals surface area contributed by atoms with Gasteiger partial charge in [0, 0.05) is 36.0 Å². The van der Waals surface area contributed by atoms with Crippen LogP contribution >= 0.6 is 11.3 Å². The Morgan fingerprint density at radius 2 is 1.86 bits per heavy atom. The number of amides is 1. The van der Waals surface area contributed by atoms with Crippen molar-refractivity contribution in [3.8, 4) is 11.1 Å². The maximum absolute atomic E-state index is 12.2. The van der Waals surface area contributed by atoms with Gasteiger partial charge in [0.25, 0.3) is 0 Å². The molecular weight excluding hydrogens is 384 g/mol. The number of rotatable bonds is 8. The zero-order chi connectivity index (χ0) is 19.9. The molecule has 0 unspecified atom stereocenters. The maximum Gasteiger partial charge on any atom is 0.238 e. The molecule has 3 N–H and O–H groups in total. The fourth-order valence-corrected chi connectivity index (χ4v) is 3.91. The Morgan fingerprint density at radius 1 is 1.07 bits per heavy atom. The van der Waals surface area contributed by atoms with Crippen molar-refractivity contribution >= 4 is 34.6 Å². The van der Waals surface area contributed by atoms with E-state index in [1.54, 1.807) is 23.7 Å². The highest BCUT2D eigenvalue weighted by atomic mass is 32.1. The van der Waals surface area contributed by atoms with Crippen LogP contribution in [0.5, 0.6) is 0 Å². The second-order valence-electron chi connectivity index (χ2n) is 6.97. The monoisotopic (exact) mass is 408 g/mol. The first-order valence-corrected chi connectivity index (χ1v) is 10.7. The summed E-state index contributed by atoms with van der Waals surface area (Å²) in [5.74, 6) is 0.456. The predicted octanol–water partition coefficient (Wildman–Crippen LogP) is 3.53. The van der Waals surface area contributed by atoms with Gasteiger partial charge in [0.15, 0.2) is 0 Å². The van der Waals surface area contributed by atoms with Crippen LogP contribution in [0.4, 0.5) is 17.3 Å². The van der Waals surface area contributed by atoms with E-state index >= 15 is 0 Å². The van der Waals surface area contributed by atoms with Crippen molar-refractivity contribution in [1.82, 2.24) is 20.2 Å². The molecule has 0 radical (unpaired) electrons. The Kier molecular flexibility index (Phi) is 6.45. The van der Waals surface area contributed by atoms with Crippen molar-refractivity contribution in [1.29, 1.82) is 0 Å². The molecule has 1 amide bonds. The summed E-state index contributed by atoms with van der Waals surface area (Å²) in [4.78, 5) is 23.2. The SMILES string of the molecule is O=C(CNCN1CCCC1)Nc1cccc(Nc2ncc(-c3ccsc3)cn2)c1. The highest BCUT2D eigenvalue weighted by Crippen LogP contribution is 2.22. The van der Waals surface area contributed by atoms with Crippen LogP contribution in [0.15, 0.2) is 53.5 Å². The van der Waals surface area contributed by atoms with Crippen LogP contribution in [-0.2, 0) is 4.79 Å². The van der Waals surface area contributed by atoms with Gasteiger partial charge in [-0.25, -0.2) is 9.97 Å². The van der Waals surface area contributed by atoms with E-state index in [2.05, 4.69) is 36.2 Å². The van der Waals surface area contributed by atoms with Crippen molar-refractivity contribution in [3.63, 3.8) is 0 Å². The second kappa shape index (κ2) is 9.60. The van der Waals surface area contributed by atoms with E-state index in [9.17, 15) is 4.79 Å². The van der Waals surface area contributed by atoms with Crippen molar-refractivity contribution < 1.29 is 4.79 Å². The number of anilines is 3. The molecule has 0 spiro atoms. The number of hydrogen-bond donors (Lipinski definition) is 3. The molecular formula is C21H24N6OS. The zero-order valence-electron chi connectivity index (χ0n) is 16.1. The maximum atomic E-state index is 12.2. The van der Waals surface area contributed by atoms with E-state index < -0.39 is 0 Å². The molecule has 1 saturated heterocycles. The largest absolute Gasteiger partial charge is 0.325 e. The van der Waals surface area contributed by atoms with Gasteiger partial charge in [-0.15, -0.1) is 0 Å². The highest BCUT2D eigenvalue weighted by Gasteiger charge is 2.11. The standard InChI is InChI=1S/C21H24N6OS/c28-20(13-22-15-27-7-1-2-8-27)25-18-4-3-5-19(10-18)26-21-23-11-17(12-24-21)16-6-9-29-14-16/h3-6,9-12,14,22H,1-2,7-8,13,15H2,(H,25,28)(H,23,24,26). The van der Waals surface area contributed by atoms with Gasteiger partial charge in [-0.3, -0.25) is 15.0 Å². The summed E-state index contributed by atoms with van der Waals surface area (Å²) in [6.45, 7) is 3.27. The van der Waals surface area contributed by atoms with Gasteiger partial charge >= 0.3 is 0 Å². The Morgan fingerprint density at radius 3 is 2.62 bits per heavy atom. The number of aromatic nitrogens is 2. The average Bonchev–Trinajstić information content (AvgIpc) is 3.43. The van der Waals surface area contributed by atoms with Crippen LogP contribution in [-0.4, -0.2) is 47.1 Å². The van der Waals surface area contributed by atoms with E-state index in [0.29, 0.717) is 12.5 Å². The number of likely N-dealkylation sites (tertiary alicyclic amines) is 1. The molecule has 0 atom stereocenters. The first-order valence-electron chi connectivity index (χ1n) is 9.71. The molecule has 3 heterocycles. The number of hydrogen-bond acceptors (Lipinski definition) is 7. The van der Waals surface area contributed by atoms with Crippen molar-refractivity contribution in [2.24, 2.45) is 0 Å². The minimum Gasteiger partial charge on any atom is -0.325 e. The Labute approximate surface area is 174 Å². The second-order valence-corrected chi connectivity index (χ2v) is 7.75. The van der Waals surface area contributed by atoms with E-state index in [1.165, 1.54) is 12.8 Å². The van der Waals surface area contributed by atoms with Gasteiger partial charge in [0.1, 0.15) is 0 Å². The summed E-state index contributed by atoms with van der Waals surface area (Å²) in [6, 6.07) is 9.58. The fraction of sp³-hybridized carbons (Fsp3) is 0.286. The van der Waals surface area contributed by atoms with Crippen molar-refractivity contribution in [2.75, 3.05) is 36.9 Å². The Balaban J connectivity index is 1.29. The van der Waals surface area contributed by atoms with Crippen LogP contribution in [0.2, 0.25) is 0 Å². The third-order valence-electron chi connectivity index (χ3n) is 4.73. The molecule has 3 aromatic rings. The highest BCUT2D eigenvalue weighted by molar-refractivity contribution is 7.08. The minimum absolute atomic E-state index is 0.0577. The summed E-state index contributed by atoms with van der Waals surface area (Å²) in [5, 5.41) is 13.4. The van der Waals surface area contributed by atoms with Gasteiger partial charge in [0.2, 0.25) is 11.9 Å². The molecule has 150 valence electrons. The quantitative estimate of drug-likeness (QED) is 0.529. The average molecular weight is 409 g/mol. The van der Waals surface area contributed by atoms with Crippen LogP contribution in [0.3, 0.4) is 0 Å².